The Labute approximate surface area is 89.2 Å². The van der Waals surface area contributed by atoms with E-state index in [1.165, 1.54) is 0 Å². The highest BCUT2D eigenvalue weighted by Gasteiger charge is 2.20. The van der Waals surface area contributed by atoms with Crippen LogP contribution in [0, 0.1) is 0 Å². The molecule has 0 spiro atoms. The van der Waals surface area contributed by atoms with E-state index in [0.29, 0.717) is 0 Å². The van der Waals surface area contributed by atoms with Crippen LogP contribution in [0.1, 0.15) is 37.7 Å². The van der Waals surface area contributed by atoms with Crippen molar-refractivity contribution >= 4 is 11.8 Å². The lowest BCUT2D eigenvalue weighted by molar-refractivity contribution is 0.374. The fourth-order valence-corrected chi connectivity index (χ4v) is 1.76. The van der Waals surface area contributed by atoms with Crippen LogP contribution in [-0.2, 0) is 5.54 Å². The number of nitrogens with two attached hydrogens (primary N) is 2. The van der Waals surface area contributed by atoms with Crippen molar-refractivity contribution in [2.45, 2.75) is 31.7 Å². The number of thioether (sulfide) groups is 1. The smallest absolute Gasteiger partial charge is 0.131 e. The Bertz CT molecular complexity index is 291. The van der Waals surface area contributed by atoms with E-state index < -0.39 is 5.54 Å². The van der Waals surface area contributed by atoms with E-state index in [0.717, 1.165) is 17.3 Å². The molecule has 1 atom stereocenters. The van der Waals surface area contributed by atoms with Gasteiger partial charge in [0, 0.05) is 0 Å². The van der Waals surface area contributed by atoms with Gasteiger partial charge in [-0.1, -0.05) is 6.92 Å². The summed E-state index contributed by atoms with van der Waals surface area (Å²) in [5.74, 6) is 2.55. The van der Waals surface area contributed by atoms with Gasteiger partial charge >= 0.3 is 0 Å². The third-order valence-corrected chi connectivity index (χ3v) is 2.81. The zero-order valence-electron chi connectivity index (χ0n) is 8.91. The molecule has 0 fully saturated rings. The first-order valence-electron chi connectivity index (χ1n) is 4.71. The first-order valence-corrected chi connectivity index (χ1v) is 5.76. The van der Waals surface area contributed by atoms with Gasteiger partial charge in [-0.05, 0) is 31.7 Å². The van der Waals surface area contributed by atoms with Crippen LogP contribution in [0.25, 0.3) is 0 Å². The predicted molar refractivity (Wildman–Crippen MR) is 61.0 cm³/mol. The molecule has 1 heterocycles. The maximum Gasteiger partial charge on any atom is 0.131 e. The zero-order valence-corrected chi connectivity index (χ0v) is 9.73. The Kier molecular flexibility index (Phi) is 3.64. The van der Waals surface area contributed by atoms with E-state index in [-0.39, 0.29) is 5.37 Å². The van der Waals surface area contributed by atoms with Gasteiger partial charge in [-0.25, -0.2) is 0 Å². The summed E-state index contributed by atoms with van der Waals surface area (Å²) in [6.45, 7) is 5.89. The molecule has 4 N–H and O–H groups in total. The van der Waals surface area contributed by atoms with Crippen LogP contribution in [0.3, 0.4) is 0 Å². The monoisotopic (exact) mass is 214 g/mol. The van der Waals surface area contributed by atoms with Gasteiger partial charge in [0.15, 0.2) is 0 Å². The number of rotatable bonds is 4. The lowest BCUT2D eigenvalue weighted by Gasteiger charge is -2.15. The van der Waals surface area contributed by atoms with Crippen molar-refractivity contribution in [3.8, 4) is 0 Å². The van der Waals surface area contributed by atoms with Gasteiger partial charge in [0.05, 0.1) is 5.54 Å². The maximum absolute atomic E-state index is 5.90. The second kappa shape index (κ2) is 4.38. The van der Waals surface area contributed by atoms with Gasteiger partial charge < -0.3 is 15.9 Å². The summed E-state index contributed by atoms with van der Waals surface area (Å²) in [6, 6.07) is 3.79. The SMILES string of the molecule is CCSC(N)c1ccc(C(C)(C)N)o1. The largest absolute Gasteiger partial charge is 0.462 e. The molecule has 1 unspecified atom stereocenters. The quantitative estimate of drug-likeness (QED) is 0.754. The Balaban J connectivity index is 2.78. The molecule has 0 aromatic carbocycles. The fourth-order valence-electron chi connectivity index (χ4n) is 1.11. The Morgan fingerprint density at radius 2 is 2.14 bits per heavy atom. The molecular weight excluding hydrogens is 196 g/mol. The molecule has 0 saturated carbocycles. The summed E-state index contributed by atoms with van der Waals surface area (Å²) in [5, 5.41) is -0.0869. The first-order chi connectivity index (χ1) is 6.45. The minimum Gasteiger partial charge on any atom is -0.462 e. The molecule has 0 aliphatic carbocycles. The second-order valence-electron chi connectivity index (χ2n) is 3.80. The van der Waals surface area contributed by atoms with Crippen molar-refractivity contribution in [1.82, 2.24) is 0 Å². The van der Waals surface area contributed by atoms with Crippen molar-refractivity contribution in [3.63, 3.8) is 0 Å². The van der Waals surface area contributed by atoms with Crippen molar-refractivity contribution in [2.24, 2.45) is 11.5 Å². The van der Waals surface area contributed by atoms with E-state index in [4.69, 9.17) is 15.9 Å². The summed E-state index contributed by atoms with van der Waals surface area (Å²) in [7, 11) is 0. The average molecular weight is 214 g/mol. The molecule has 14 heavy (non-hydrogen) atoms. The van der Waals surface area contributed by atoms with Crippen molar-refractivity contribution in [2.75, 3.05) is 5.75 Å². The molecule has 1 aromatic heterocycles. The third kappa shape index (κ3) is 2.77. The summed E-state index contributed by atoms with van der Waals surface area (Å²) in [4.78, 5) is 0. The number of hydrogen-bond donors (Lipinski definition) is 2. The molecule has 0 bridgehead atoms. The first kappa shape index (κ1) is 11.6. The van der Waals surface area contributed by atoms with Crippen LogP contribution in [0.4, 0.5) is 0 Å². The fraction of sp³-hybridized carbons (Fsp3) is 0.600. The molecule has 0 aliphatic heterocycles. The van der Waals surface area contributed by atoms with Crippen LogP contribution in [0.15, 0.2) is 16.5 Å². The van der Waals surface area contributed by atoms with Gasteiger partial charge in [-0.15, -0.1) is 11.8 Å². The molecule has 0 radical (unpaired) electrons. The summed E-state index contributed by atoms with van der Waals surface area (Å²) in [5.41, 5.74) is 11.4. The molecule has 0 aliphatic rings. The molecule has 1 rings (SSSR count). The minimum absolute atomic E-state index is 0.0869. The highest BCUT2D eigenvalue weighted by Crippen LogP contribution is 2.27. The lowest BCUT2D eigenvalue weighted by atomic mass is 10.0. The van der Waals surface area contributed by atoms with E-state index in [1.807, 2.05) is 26.0 Å². The number of furan rings is 1. The van der Waals surface area contributed by atoms with E-state index in [2.05, 4.69) is 6.92 Å². The maximum atomic E-state index is 5.90. The summed E-state index contributed by atoms with van der Waals surface area (Å²) in [6.07, 6.45) is 0. The van der Waals surface area contributed by atoms with Crippen molar-refractivity contribution in [3.05, 3.63) is 23.7 Å². The molecule has 4 heteroatoms. The van der Waals surface area contributed by atoms with Gasteiger partial charge in [0.25, 0.3) is 0 Å². The van der Waals surface area contributed by atoms with E-state index in [1.54, 1.807) is 11.8 Å². The standard InChI is InChI=1S/C10H18N2OS/c1-4-14-9(11)7-5-6-8(13-7)10(2,3)12/h5-6,9H,4,11-12H2,1-3H3. The minimum atomic E-state index is -0.436. The van der Waals surface area contributed by atoms with Gasteiger partial charge in [0.1, 0.15) is 16.9 Å². The molecule has 1 aromatic rings. The van der Waals surface area contributed by atoms with Gasteiger partial charge in [-0.2, -0.15) is 0 Å². The topological polar surface area (TPSA) is 65.2 Å². The third-order valence-electron chi connectivity index (χ3n) is 1.89. The normalized spacial score (nSPS) is 14.4. The van der Waals surface area contributed by atoms with Crippen LogP contribution in [-0.4, -0.2) is 5.75 Å². The Morgan fingerprint density at radius 1 is 1.50 bits per heavy atom. The predicted octanol–water partition coefficient (Wildman–Crippen LogP) is 2.18. The van der Waals surface area contributed by atoms with Crippen molar-refractivity contribution in [1.29, 1.82) is 0 Å². The Hall–Kier alpha value is -0.450. The van der Waals surface area contributed by atoms with Crippen LogP contribution in [0.5, 0.6) is 0 Å². The molecule has 0 amide bonds. The number of hydrogen-bond acceptors (Lipinski definition) is 4. The van der Waals surface area contributed by atoms with E-state index in [9.17, 15) is 0 Å². The second-order valence-corrected chi connectivity index (χ2v) is 5.22. The van der Waals surface area contributed by atoms with Crippen LogP contribution in [0.2, 0.25) is 0 Å². The van der Waals surface area contributed by atoms with Crippen LogP contribution >= 0.6 is 11.8 Å². The highest BCUT2D eigenvalue weighted by molar-refractivity contribution is 7.99. The zero-order chi connectivity index (χ0) is 10.8. The molecular formula is C10H18N2OS. The average Bonchev–Trinajstić information content (AvgIpc) is 2.51. The van der Waals surface area contributed by atoms with E-state index >= 15 is 0 Å². The molecule has 0 saturated heterocycles. The van der Waals surface area contributed by atoms with Gasteiger partial charge in [-0.3, -0.25) is 0 Å². The van der Waals surface area contributed by atoms with Crippen LogP contribution < -0.4 is 11.5 Å². The summed E-state index contributed by atoms with van der Waals surface area (Å²) < 4.78 is 5.59. The molecule has 80 valence electrons. The van der Waals surface area contributed by atoms with Gasteiger partial charge in [0.2, 0.25) is 0 Å². The Morgan fingerprint density at radius 3 is 2.57 bits per heavy atom. The van der Waals surface area contributed by atoms with Crippen molar-refractivity contribution < 1.29 is 4.42 Å². The lowest BCUT2D eigenvalue weighted by Crippen LogP contribution is -2.27. The highest BCUT2D eigenvalue weighted by atomic mass is 32.2. The summed E-state index contributed by atoms with van der Waals surface area (Å²) >= 11 is 1.65. The molecule has 3 nitrogen and oxygen atoms in total.